The lowest BCUT2D eigenvalue weighted by Crippen LogP contribution is -2.14. The Kier molecular flexibility index (Phi) is 3.82. The fourth-order valence-electron chi connectivity index (χ4n) is 0.313. The highest BCUT2D eigenvalue weighted by molar-refractivity contribution is 7.95. The largest absolute Gasteiger partial charge is 0.370 e. The Morgan fingerprint density at radius 2 is 1.90 bits per heavy atom. The Hall–Kier alpha value is -0.750. The number of primary amides is 1. The third-order valence-electron chi connectivity index (χ3n) is 0.770. The summed E-state index contributed by atoms with van der Waals surface area (Å²) in [6.45, 7) is 0. The van der Waals surface area contributed by atoms with E-state index in [0.29, 0.717) is 0 Å². The third-order valence-corrected chi connectivity index (χ3v) is 1.36. The summed E-state index contributed by atoms with van der Waals surface area (Å²) in [5.74, 6) is -0.654. The molecule has 0 radical (unpaired) electrons. The Morgan fingerprint density at radius 3 is 2.20 bits per heavy atom. The van der Waals surface area contributed by atoms with Gasteiger partial charge in [-0.05, 0) is 0 Å². The van der Waals surface area contributed by atoms with Crippen molar-refractivity contribution < 1.29 is 18.4 Å². The molecule has 1 amide bonds. The number of hydrogen-bond donors (Lipinski definition) is 2. The standard InChI is InChI=1S/C4H7NO4S/c5-3(6)1-2-4(7)10(8)9/h1-2H2,(H2,5,6)(H,8,9). The van der Waals surface area contributed by atoms with Gasteiger partial charge in [-0.15, -0.1) is 0 Å². The summed E-state index contributed by atoms with van der Waals surface area (Å²) in [6, 6.07) is 0. The SMILES string of the molecule is NC(=O)CCC(=O)S(=O)O. The minimum atomic E-state index is -2.47. The van der Waals surface area contributed by atoms with Crippen molar-refractivity contribution in [3.05, 3.63) is 0 Å². The average Bonchev–Trinajstić information content (AvgIpc) is 1.82. The lowest BCUT2D eigenvalue weighted by Gasteiger charge is -1.90. The quantitative estimate of drug-likeness (QED) is 0.524. The van der Waals surface area contributed by atoms with E-state index in [1.807, 2.05) is 0 Å². The zero-order valence-electron chi connectivity index (χ0n) is 5.07. The van der Waals surface area contributed by atoms with Gasteiger partial charge in [0.25, 0.3) is 0 Å². The van der Waals surface area contributed by atoms with E-state index in [0.717, 1.165) is 0 Å². The highest BCUT2D eigenvalue weighted by atomic mass is 32.2. The number of amides is 1. The maximum Gasteiger partial charge on any atom is 0.246 e. The van der Waals surface area contributed by atoms with Crippen molar-refractivity contribution in [1.29, 1.82) is 0 Å². The summed E-state index contributed by atoms with van der Waals surface area (Å²) in [6.07, 6.45) is -0.441. The molecule has 0 spiro atoms. The summed E-state index contributed by atoms with van der Waals surface area (Å²) >= 11 is -2.47. The number of hydrogen-bond acceptors (Lipinski definition) is 3. The molecule has 0 aromatic carbocycles. The number of rotatable bonds is 3. The molecule has 0 fully saturated rings. The van der Waals surface area contributed by atoms with Crippen LogP contribution < -0.4 is 5.73 Å². The first kappa shape index (κ1) is 9.25. The first-order valence-corrected chi connectivity index (χ1v) is 3.56. The molecule has 0 aliphatic carbocycles. The van der Waals surface area contributed by atoms with Crippen LogP contribution in [-0.2, 0) is 20.7 Å². The highest BCUT2D eigenvalue weighted by Gasteiger charge is 2.09. The van der Waals surface area contributed by atoms with Crippen molar-refractivity contribution in [3.8, 4) is 0 Å². The zero-order valence-corrected chi connectivity index (χ0v) is 5.89. The maximum atomic E-state index is 10.3. The maximum absolute atomic E-state index is 10.3. The van der Waals surface area contributed by atoms with Crippen molar-refractivity contribution in [2.24, 2.45) is 5.73 Å². The van der Waals surface area contributed by atoms with Crippen LogP contribution in [0.5, 0.6) is 0 Å². The van der Waals surface area contributed by atoms with E-state index in [-0.39, 0.29) is 12.8 Å². The summed E-state index contributed by atoms with van der Waals surface area (Å²) in [4.78, 5) is 20.3. The van der Waals surface area contributed by atoms with Crippen molar-refractivity contribution in [3.63, 3.8) is 0 Å². The van der Waals surface area contributed by atoms with Gasteiger partial charge in [0.15, 0.2) is 0 Å². The molecule has 1 atom stereocenters. The average molecular weight is 165 g/mol. The fourth-order valence-corrected chi connectivity index (χ4v) is 0.589. The minimum Gasteiger partial charge on any atom is -0.370 e. The molecule has 1 unspecified atom stereocenters. The summed E-state index contributed by atoms with van der Waals surface area (Å²) in [7, 11) is 0. The normalized spacial score (nSPS) is 12.5. The molecule has 0 heterocycles. The van der Waals surface area contributed by atoms with Crippen LogP contribution in [0.2, 0.25) is 0 Å². The van der Waals surface area contributed by atoms with Crippen molar-refractivity contribution >= 4 is 22.1 Å². The molecule has 10 heavy (non-hydrogen) atoms. The summed E-state index contributed by atoms with van der Waals surface area (Å²) in [5.41, 5.74) is 4.67. The number of carbonyl (C=O) groups is 2. The van der Waals surface area contributed by atoms with Gasteiger partial charge >= 0.3 is 0 Å². The van der Waals surface area contributed by atoms with Crippen molar-refractivity contribution in [2.75, 3.05) is 0 Å². The molecule has 0 aromatic rings. The first-order chi connectivity index (χ1) is 4.54. The van der Waals surface area contributed by atoms with E-state index >= 15 is 0 Å². The van der Waals surface area contributed by atoms with Crippen LogP contribution in [0.4, 0.5) is 0 Å². The first-order valence-electron chi connectivity index (χ1n) is 2.46. The number of carbonyl (C=O) groups excluding carboxylic acids is 2. The predicted molar refractivity (Wildman–Crippen MR) is 34.2 cm³/mol. The second kappa shape index (κ2) is 4.13. The minimum absolute atomic E-state index is 0.175. The number of nitrogens with two attached hydrogens (primary N) is 1. The summed E-state index contributed by atoms with van der Waals surface area (Å²) in [5, 5.41) is -0.876. The van der Waals surface area contributed by atoms with Crippen LogP contribution in [0, 0.1) is 0 Å². The zero-order chi connectivity index (χ0) is 8.15. The lowest BCUT2D eigenvalue weighted by atomic mass is 10.3. The fraction of sp³-hybridized carbons (Fsp3) is 0.500. The molecule has 0 saturated carbocycles. The molecular formula is C4H7NO4S. The van der Waals surface area contributed by atoms with E-state index in [1.165, 1.54) is 0 Å². The van der Waals surface area contributed by atoms with E-state index in [1.54, 1.807) is 0 Å². The van der Waals surface area contributed by atoms with E-state index < -0.39 is 22.1 Å². The van der Waals surface area contributed by atoms with Gasteiger partial charge in [0, 0.05) is 12.8 Å². The van der Waals surface area contributed by atoms with E-state index in [2.05, 4.69) is 5.73 Å². The molecule has 0 rings (SSSR count). The molecule has 58 valence electrons. The van der Waals surface area contributed by atoms with Crippen LogP contribution in [0.3, 0.4) is 0 Å². The van der Waals surface area contributed by atoms with E-state index in [9.17, 15) is 13.8 Å². The van der Waals surface area contributed by atoms with Gasteiger partial charge in [-0.25, -0.2) is 4.21 Å². The van der Waals surface area contributed by atoms with Crippen LogP contribution in [0.1, 0.15) is 12.8 Å². The van der Waals surface area contributed by atoms with Crippen LogP contribution >= 0.6 is 0 Å². The van der Waals surface area contributed by atoms with Gasteiger partial charge in [-0.1, -0.05) is 0 Å². The van der Waals surface area contributed by atoms with Gasteiger partial charge in [0.2, 0.25) is 22.1 Å². The highest BCUT2D eigenvalue weighted by Crippen LogP contribution is 1.91. The predicted octanol–water partition coefficient (Wildman–Crippen LogP) is -1.000. The second-order valence-corrected chi connectivity index (χ2v) is 2.54. The Morgan fingerprint density at radius 1 is 1.40 bits per heavy atom. The monoisotopic (exact) mass is 165 g/mol. The lowest BCUT2D eigenvalue weighted by molar-refractivity contribution is -0.120. The topological polar surface area (TPSA) is 97.5 Å². The Balaban J connectivity index is 3.60. The molecule has 3 N–H and O–H groups in total. The molecule has 0 bridgehead atoms. The van der Waals surface area contributed by atoms with Crippen molar-refractivity contribution in [1.82, 2.24) is 0 Å². The molecule has 0 aliphatic heterocycles. The smallest absolute Gasteiger partial charge is 0.246 e. The Labute approximate surface area is 59.9 Å². The molecule has 5 nitrogen and oxygen atoms in total. The summed E-state index contributed by atoms with van der Waals surface area (Å²) < 4.78 is 18.0. The van der Waals surface area contributed by atoms with Crippen LogP contribution in [0.15, 0.2) is 0 Å². The molecule has 0 saturated heterocycles. The van der Waals surface area contributed by atoms with Gasteiger partial charge in [-0.2, -0.15) is 0 Å². The molecule has 0 aliphatic rings. The molecular weight excluding hydrogens is 158 g/mol. The van der Waals surface area contributed by atoms with E-state index in [4.69, 9.17) is 4.55 Å². The molecule has 0 aromatic heterocycles. The van der Waals surface area contributed by atoms with Gasteiger partial charge in [0.1, 0.15) is 0 Å². The van der Waals surface area contributed by atoms with Crippen LogP contribution in [0.25, 0.3) is 0 Å². The molecule has 6 heteroatoms. The third kappa shape index (κ3) is 4.16. The Bertz CT molecular complexity index is 178. The van der Waals surface area contributed by atoms with Gasteiger partial charge < -0.3 is 10.3 Å². The van der Waals surface area contributed by atoms with Crippen molar-refractivity contribution in [2.45, 2.75) is 12.8 Å². The van der Waals surface area contributed by atoms with Gasteiger partial charge in [0.05, 0.1) is 0 Å². The second-order valence-electron chi connectivity index (χ2n) is 1.59. The van der Waals surface area contributed by atoms with Gasteiger partial charge in [-0.3, -0.25) is 9.59 Å². The van der Waals surface area contributed by atoms with Crippen LogP contribution in [-0.4, -0.2) is 19.8 Å².